The zero-order valence-electron chi connectivity index (χ0n) is 22.3. The Bertz CT molecular complexity index is 1630. The van der Waals surface area contributed by atoms with E-state index in [0.717, 1.165) is 36.3 Å². The van der Waals surface area contributed by atoms with Gasteiger partial charge in [-0.2, -0.15) is 0 Å². The first-order valence-corrected chi connectivity index (χ1v) is 17.6. The standard InChI is InChI=1S/C28H33N3O5SSi/c1-18-8-5-6-11-36-23-15-19(16-32)14-22-25(23)29-24(28(34)30(22)17-35-12-13-38(2,3)4)20-9-7-10-21-26(20)37-31(18)27(21)33/h7,9-10,14-16,18H,5-6,8,11-13,17H2,1-4H3. The fourth-order valence-corrected chi connectivity index (χ4v) is 6.66. The maximum atomic E-state index is 14.0. The Morgan fingerprint density at radius 3 is 2.76 bits per heavy atom. The van der Waals surface area contributed by atoms with Gasteiger partial charge in [0.15, 0.2) is 0 Å². The minimum absolute atomic E-state index is 0.0245. The van der Waals surface area contributed by atoms with Crippen molar-refractivity contribution in [3.63, 3.8) is 0 Å². The van der Waals surface area contributed by atoms with Crippen LogP contribution >= 0.6 is 11.5 Å². The second kappa shape index (κ2) is 10.6. The Labute approximate surface area is 226 Å². The highest BCUT2D eigenvalue weighted by Gasteiger charge is 2.22. The Kier molecular flexibility index (Phi) is 7.39. The normalized spacial score (nSPS) is 16.2. The molecule has 0 saturated heterocycles. The van der Waals surface area contributed by atoms with Crippen molar-refractivity contribution >= 4 is 47.0 Å². The third-order valence-corrected chi connectivity index (χ3v) is 10.0. The molecule has 0 saturated carbocycles. The zero-order chi connectivity index (χ0) is 27.0. The van der Waals surface area contributed by atoms with Gasteiger partial charge < -0.3 is 9.47 Å². The number of hydrogen-bond acceptors (Lipinski definition) is 7. The Hall–Kier alpha value is -3.08. The largest absolute Gasteiger partial charge is 0.491 e. The molecule has 5 rings (SSSR count). The maximum Gasteiger partial charge on any atom is 0.279 e. The van der Waals surface area contributed by atoms with Gasteiger partial charge in [0, 0.05) is 31.8 Å². The molecule has 0 aliphatic carbocycles. The summed E-state index contributed by atoms with van der Waals surface area (Å²) in [5.41, 5.74) is 1.86. The van der Waals surface area contributed by atoms with E-state index in [4.69, 9.17) is 14.5 Å². The van der Waals surface area contributed by atoms with Gasteiger partial charge in [-0.15, -0.1) is 0 Å². The third-order valence-electron chi connectivity index (χ3n) is 6.96. The van der Waals surface area contributed by atoms with E-state index in [1.165, 1.54) is 16.1 Å². The van der Waals surface area contributed by atoms with E-state index >= 15 is 0 Å². The number of ether oxygens (including phenoxy) is 2. The van der Waals surface area contributed by atoms with E-state index in [2.05, 4.69) is 19.6 Å². The van der Waals surface area contributed by atoms with Crippen LogP contribution in [0.1, 0.15) is 42.6 Å². The van der Waals surface area contributed by atoms with E-state index in [0.29, 0.717) is 46.5 Å². The zero-order valence-corrected chi connectivity index (χ0v) is 24.1. The topological polar surface area (TPSA) is 92.4 Å². The number of aldehydes is 1. The molecule has 1 aliphatic rings. The number of fused-ring (bicyclic) bond motifs is 3. The van der Waals surface area contributed by atoms with Crippen LogP contribution in [0.2, 0.25) is 25.7 Å². The first kappa shape index (κ1) is 26.5. The first-order chi connectivity index (χ1) is 18.2. The number of carbonyl (C=O) groups excluding carboxylic acids is 1. The minimum atomic E-state index is -1.32. The molecule has 8 nitrogen and oxygen atoms in total. The van der Waals surface area contributed by atoms with Crippen LogP contribution in [0.5, 0.6) is 5.75 Å². The van der Waals surface area contributed by atoms with Crippen molar-refractivity contribution < 1.29 is 14.3 Å². The van der Waals surface area contributed by atoms with Crippen molar-refractivity contribution in [3.8, 4) is 17.0 Å². The van der Waals surface area contributed by atoms with E-state index in [-0.39, 0.29) is 29.6 Å². The predicted octanol–water partition coefficient (Wildman–Crippen LogP) is 5.69. The summed E-state index contributed by atoms with van der Waals surface area (Å²) in [6.45, 7) is 9.87. The smallest absolute Gasteiger partial charge is 0.279 e. The first-order valence-electron chi connectivity index (χ1n) is 13.1. The number of carbonyl (C=O) groups is 1. The molecule has 1 aliphatic heterocycles. The molecule has 10 heteroatoms. The molecule has 1 unspecified atom stereocenters. The Morgan fingerprint density at radius 1 is 1.18 bits per heavy atom. The minimum Gasteiger partial charge on any atom is -0.491 e. The summed E-state index contributed by atoms with van der Waals surface area (Å²) in [5, 5.41) is 0.584. The molecule has 0 radical (unpaired) electrons. The summed E-state index contributed by atoms with van der Waals surface area (Å²) in [5.74, 6) is 0.463. The number of rotatable bonds is 6. The van der Waals surface area contributed by atoms with Crippen molar-refractivity contribution in [1.29, 1.82) is 0 Å². The SMILES string of the molecule is CC1CCCCOc2cc(C=O)cc3c2nc(c(=O)n3COCC[Si](C)(C)C)-c2cccc3c(=O)n1sc23. The van der Waals surface area contributed by atoms with Crippen molar-refractivity contribution in [2.24, 2.45) is 0 Å². The third kappa shape index (κ3) is 5.12. The highest BCUT2D eigenvalue weighted by atomic mass is 32.1. The molecule has 0 spiro atoms. The van der Waals surface area contributed by atoms with Crippen LogP contribution in [0.4, 0.5) is 0 Å². The van der Waals surface area contributed by atoms with Gasteiger partial charge in [-0.25, -0.2) is 4.98 Å². The number of aromatic nitrogens is 3. The van der Waals surface area contributed by atoms with Crippen molar-refractivity contribution in [2.45, 2.75) is 64.6 Å². The number of hydrogen-bond donors (Lipinski definition) is 0. The Morgan fingerprint density at radius 2 is 2.00 bits per heavy atom. The molecule has 0 N–H and O–H groups in total. The van der Waals surface area contributed by atoms with Crippen LogP contribution in [0.25, 0.3) is 32.4 Å². The maximum absolute atomic E-state index is 14.0. The highest BCUT2D eigenvalue weighted by molar-refractivity contribution is 7.14. The van der Waals surface area contributed by atoms with E-state index in [1.807, 2.05) is 23.0 Å². The van der Waals surface area contributed by atoms with Crippen LogP contribution in [-0.2, 0) is 11.5 Å². The summed E-state index contributed by atoms with van der Waals surface area (Å²) >= 11 is 1.39. The summed E-state index contributed by atoms with van der Waals surface area (Å²) in [4.78, 5) is 43.9. The molecule has 2 aromatic carbocycles. The van der Waals surface area contributed by atoms with Crippen molar-refractivity contribution in [2.75, 3.05) is 13.2 Å². The lowest BCUT2D eigenvalue weighted by Crippen LogP contribution is -2.27. The van der Waals surface area contributed by atoms with Crippen LogP contribution in [0.15, 0.2) is 39.9 Å². The summed E-state index contributed by atoms with van der Waals surface area (Å²) in [7, 11) is -1.32. The number of benzene rings is 2. The van der Waals surface area contributed by atoms with Gasteiger partial charge in [0.25, 0.3) is 11.1 Å². The molecule has 2 aromatic heterocycles. The fraction of sp³-hybridized carbons (Fsp3) is 0.429. The van der Waals surface area contributed by atoms with Crippen molar-refractivity contribution in [3.05, 3.63) is 56.6 Å². The van der Waals surface area contributed by atoms with Gasteiger partial charge >= 0.3 is 0 Å². The lowest BCUT2D eigenvalue weighted by molar-refractivity contribution is 0.0878. The molecule has 4 aromatic rings. The average Bonchev–Trinajstić information content (AvgIpc) is 3.22. The van der Waals surface area contributed by atoms with Gasteiger partial charge in [0.05, 0.1) is 22.2 Å². The molecule has 0 fully saturated rings. The van der Waals surface area contributed by atoms with Crippen LogP contribution in [0, 0.1) is 0 Å². The fourth-order valence-electron chi connectivity index (χ4n) is 4.72. The van der Waals surface area contributed by atoms with E-state index in [9.17, 15) is 14.4 Å². The van der Waals surface area contributed by atoms with E-state index in [1.54, 1.807) is 18.2 Å². The predicted molar refractivity (Wildman–Crippen MR) is 155 cm³/mol. The van der Waals surface area contributed by atoms with Crippen LogP contribution in [0.3, 0.4) is 0 Å². The molecular weight excluding hydrogens is 518 g/mol. The molecule has 0 amide bonds. The molecule has 1 atom stereocenters. The molecular formula is C28H33N3O5SSi. The van der Waals surface area contributed by atoms with Gasteiger partial charge in [-0.1, -0.05) is 43.3 Å². The van der Waals surface area contributed by atoms with Crippen LogP contribution in [-0.4, -0.2) is 41.1 Å². The average molecular weight is 552 g/mol. The number of nitrogens with zero attached hydrogens (tertiary/aromatic N) is 3. The van der Waals surface area contributed by atoms with Gasteiger partial charge in [-0.05, 0) is 50.4 Å². The second-order valence-corrected chi connectivity index (χ2v) is 17.7. The monoisotopic (exact) mass is 551 g/mol. The van der Waals surface area contributed by atoms with Crippen molar-refractivity contribution in [1.82, 2.24) is 13.5 Å². The van der Waals surface area contributed by atoms with Gasteiger partial charge in [-0.3, -0.25) is 22.9 Å². The molecule has 200 valence electrons. The van der Waals surface area contributed by atoms with Crippen LogP contribution < -0.4 is 15.9 Å². The molecule has 3 heterocycles. The molecule has 4 bridgehead atoms. The summed E-state index contributed by atoms with van der Waals surface area (Å²) < 4.78 is 16.2. The summed E-state index contributed by atoms with van der Waals surface area (Å²) in [6.07, 6.45) is 3.25. The lowest BCUT2D eigenvalue weighted by Gasteiger charge is -2.18. The van der Waals surface area contributed by atoms with Gasteiger partial charge in [0.1, 0.15) is 30.0 Å². The van der Waals surface area contributed by atoms with E-state index < -0.39 is 8.07 Å². The quantitative estimate of drug-likeness (QED) is 0.174. The summed E-state index contributed by atoms with van der Waals surface area (Å²) in [6, 6.07) is 9.77. The lowest BCUT2D eigenvalue weighted by atomic mass is 10.1. The molecule has 38 heavy (non-hydrogen) atoms. The second-order valence-electron chi connectivity index (χ2n) is 11.1. The van der Waals surface area contributed by atoms with Gasteiger partial charge in [0.2, 0.25) is 0 Å². The highest BCUT2D eigenvalue weighted by Crippen LogP contribution is 2.33. The Balaban J connectivity index is 1.77.